The average Bonchev–Trinajstić information content (AvgIpc) is 2.84. The fourth-order valence-corrected chi connectivity index (χ4v) is 2.56. The van der Waals surface area contributed by atoms with Gasteiger partial charge in [0.15, 0.2) is 0 Å². The van der Waals surface area contributed by atoms with E-state index in [-0.39, 0.29) is 22.5 Å². The van der Waals surface area contributed by atoms with Gasteiger partial charge in [-0.05, 0) is 41.0 Å². The monoisotopic (exact) mass is 343 g/mol. The third-order valence-electron chi connectivity index (χ3n) is 3.21. The van der Waals surface area contributed by atoms with E-state index in [0.29, 0.717) is 6.54 Å². The molecule has 0 amide bonds. The Balaban J connectivity index is 2.34. The van der Waals surface area contributed by atoms with E-state index in [4.69, 9.17) is 0 Å². The molecule has 0 spiro atoms. The number of rotatable bonds is 5. The normalized spacial score (nSPS) is 12.7. The molecule has 3 nitrogen and oxygen atoms in total. The number of nitrogens with zero attached hydrogens (tertiary/aromatic N) is 2. The van der Waals surface area contributed by atoms with Crippen LogP contribution in [0.25, 0.3) is 0 Å². The Kier molecular flexibility index (Phi) is 4.88. The van der Waals surface area contributed by atoms with Crippen molar-refractivity contribution in [2.24, 2.45) is 7.05 Å². The molecule has 0 saturated heterocycles. The van der Waals surface area contributed by atoms with Crippen molar-refractivity contribution in [3.63, 3.8) is 0 Å². The maximum atomic E-state index is 14.1. The molecule has 0 aliphatic carbocycles. The Morgan fingerprint density at radius 1 is 1.40 bits per heavy atom. The van der Waals surface area contributed by atoms with Crippen LogP contribution in [0.15, 0.2) is 29.1 Å². The summed E-state index contributed by atoms with van der Waals surface area (Å²) >= 11 is 3.09. The zero-order valence-corrected chi connectivity index (χ0v) is 12.9. The first kappa shape index (κ1) is 15.1. The van der Waals surface area contributed by atoms with E-state index in [1.807, 2.05) is 18.5 Å². The van der Waals surface area contributed by atoms with E-state index >= 15 is 0 Å². The zero-order chi connectivity index (χ0) is 14.7. The first-order valence-electron chi connectivity index (χ1n) is 6.36. The lowest BCUT2D eigenvalue weighted by atomic mass is 10.0. The molecule has 1 N–H and O–H groups in total. The molecule has 0 fully saturated rings. The average molecular weight is 344 g/mol. The number of benzene rings is 1. The lowest BCUT2D eigenvalue weighted by Gasteiger charge is -2.19. The molecule has 0 aliphatic rings. The Labute approximate surface area is 125 Å². The summed E-state index contributed by atoms with van der Waals surface area (Å²) in [6, 6.07) is 2.46. The highest BCUT2D eigenvalue weighted by atomic mass is 79.9. The fraction of sp³-hybridized carbons (Fsp3) is 0.357. The molecule has 20 heavy (non-hydrogen) atoms. The van der Waals surface area contributed by atoms with Crippen LogP contribution in [0.1, 0.15) is 24.2 Å². The molecule has 6 heteroatoms. The molecule has 0 saturated carbocycles. The first-order chi connectivity index (χ1) is 9.54. The minimum Gasteiger partial charge on any atom is -0.336 e. The summed E-state index contributed by atoms with van der Waals surface area (Å²) in [6.07, 6.45) is 3.61. The van der Waals surface area contributed by atoms with Crippen molar-refractivity contribution in [3.05, 3.63) is 52.0 Å². The summed E-state index contributed by atoms with van der Waals surface area (Å²) in [5.74, 6) is -1.08. The summed E-state index contributed by atoms with van der Waals surface area (Å²) in [4.78, 5) is 4.06. The second kappa shape index (κ2) is 6.45. The quantitative estimate of drug-likeness (QED) is 0.843. The van der Waals surface area contributed by atoms with Crippen molar-refractivity contribution in [2.75, 3.05) is 6.54 Å². The Morgan fingerprint density at radius 2 is 2.15 bits per heavy atom. The van der Waals surface area contributed by atoms with Crippen LogP contribution in [0.5, 0.6) is 0 Å². The van der Waals surface area contributed by atoms with Crippen molar-refractivity contribution in [3.8, 4) is 0 Å². The molecule has 2 rings (SSSR count). The summed E-state index contributed by atoms with van der Waals surface area (Å²) in [6.45, 7) is 2.66. The summed E-state index contributed by atoms with van der Waals surface area (Å²) in [5, 5.41) is 3.24. The van der Waals surface area contributed by atoms with Gasteiger partial charge < -0.3 is 9.88 Å². The van der Waals surface area contributed by atoms with E-state index in [0.717, 1.165) is 5.69 Å². The van der Waals surface area contributed by atoms with E-state index < -0.39 is 11.6 Å². The third-order valence-corrected chi connectivity index (χ3v) is 3.82. The third kappa shape index (κ3) is 3.07. The van der Waals surface area contributed by atoms with Crippen molar-refractivity contribution in [1.82, 2.24) is 14.9 Å². The SMILES string of the molecule is CCNC(Cc1c(F)ccc(Br)c1F)c1cncn1C. The van der Waals surface area contributed by atoms with Crippen LogP contribution in [0.3, 0.4) is 0 Å². The van der Waals surface area contributed by atoms with E-state index in [1.165, 1.54) is 12.1 Å². The largest absolute Gasteiger partial charge is 0.336 e. The van der Waals surface area contributed by atoms with Gasteiger partial charge in [0.1, 0.15) is 11.6 Å². The lowest BCUT2D eigenvalue weighted by Crippen LogP contribution is -2.25. The van der Waals surface area contributed by atoms with Gasteiger partial charge in [0.25, 0.3) is 0 Å². The summed E-state index contributed by atoms with van der Waals surface area (Å²) in [5.41, 5.74) is 0.970. The van der Waals surface area contributed by atoms with Gasteiger partial charge in [0.05, 0.1) is 22.5 Å². The van der Waals surface area contributed by atoms with Gasteiger partial charge in [-0.3, -0.25) is 0 Å². The van der Waals surface area contributed by atoms with Gasteiger partial charge in [-0.2, -0.15) is 0 Å². The van der Waals surface area contributed by atoms with Crippen molar-refractivity contribution in [2.45, 2.75) is 19.4 Å². The highest BCUT2D eigenvalue weighted by Crippen LogP contribution is 2.26. The van der Waals surface area contributed by atoms with Crippen LogP contribution in [-0.2, 0) is 13.5 Å². The number of aromatic nitrogens is 2. The van der Waals surface area contributed by atoms with Crippen LogP contribution in [0.4, 0.5) is 8.78 Å². The standard InChI is InChI=1S/C14H16BrF2N3/c1-3-19-12(13-7-18-8-20(13)2)6-9-11(16)5-4-10(15)14(9)17/h4-5,7-8,12,19H,3,6H2,1-2H3. The summed E-state index contributed by atoms with van der Waals surface area (Å²) < 4.78 is 30.1. The van der Waals surface area contributed by atoms with E-state index in [9.17, 15) is 8.78 Å². The highest BCUT2D eigenvalue weighted by molar-refractivity contribution is 9.10. The highest BCUT2D eigenvalue weighted by Gasteiger charge is 2.20. The molecule has 1 unspecified atom stereocenters. The van der Waals surface area contributed by atoms with Crippen LogP contribution in [-0.4, -0.2) is 16.1 Å². The number of hydrogen-bond acceptors (Lipinski definition) is 2. The van der Waals surface area contributed by atoms with Gasteiger partial charge in [-0.25, -0.2) is 13.8 Å². The van der Waals surface area contributed by atoms with Crippen LogP contribution >= 0.6 is 15.9 Å². The number of nitrogens with one attached hydrogen (secondary N) is 1. The predicted octanol–water partition coefficient (Wildman–Crippen LogP) is 3.35. The lowest BCUT2D eigenvalue weighted by molar-refractivity contribution is 0.482. The van der Waals surface area contributed by atoms with Crippen molar-refractivity contribution in [1.29, 1.82) is 0 Å². The molecule has 2 aromatic rings. The van der Waals surface area contributed by atoms with Crippen LogP contribution in [0, 0.1) is 11.6 Å². The molecule has 108 valence electrons. The second-order valence-corrected chi connectivity index (χ2v) is 5.42. The summed E-state index contributed by atoms with van der Waals surface area (Å²) in [7, 11) is 1.86. The maximum absolute atomic E-state index is 14.1. The van der Waals surface area contributed by atoms with Crippen LogP contribution in [0.2, 0.25) is 0 Å². The van der Waals surface area contributed by atoms with E-state index in [2.05, 4.69) is 26.2 Å². The topological polar surface area (TPSA) is 29.9 Å². The number of halogens is 3. The molecule has 1 heterocycles. The molecule has 0 radical (unpaired) electrons. The van der Waals surface area contributed by atoms with Gasteiger partial charge in [-0.1, -0.05) is 6.92 Å². The van der Waals surface area contributed by atoms with Crippen molar-refractivity contribution < 1.29 is 8.78 Å². The fourth-order valence-electron chi connectivity index (χ4n) is 2.19. The van der Waals surface area contributed by atoms with E-state index in [1.54, 1.807) is 12.5 Å². The van der Waals surface area contributed by atoms with Gasteiger partial charge in [0, 0.05) is 18.8 Å². The molecule has 1 aromatic carbocycles. The number of hydrogen-bond donors (Lipinski definition) is 1. The molecule has 1 atom stereocenters. The van der Waals surface area contributed by atoms with Gasteiger partial charge in [-0.15, -0.1) is 0 Å². The minimum absolute atomic E-state index is 0.0755. The smallest absolute Gasteiger partial charge is 0.143 e. The maximum Gasteiger partial charge on any atom is 0.143 e. The second-order valence-electron chi connectivity index (χ2n) is 4.57. The molecule has 1 aromatic heterocycles. The van der Waals surface area contributed by atoms with Crippen molar-refractivity contribution >= 4 is 15.9 Å². The first-order valence-corrected chi connectivity index (χ1v) is 7.15. The molecular formula is C14H16BrF2N3. The number of imidazole rings is 1. The Morgan fingerprint density at radius 3 is 2.75 bits per heavy atom. The Bertz CT molecular complexity index is 598. The number of aryl methyl sites for hydroxylation is 1. The Hall–Kier alpha value is -1.27. The molecular weight excluding hydrogens is 328 g/mol. The molecule has 0 aliphatic heterocycles. The minimum atomic E-state index is -0.546. The number of likely N-dealkylation sites (N-methyl/N-ethyl adjacent to an activating group) is 1. The van der Waals surface area contributed by atoms with Gasteiger partial charge >= 0.3 is 0 Å². The van der Waals surface area contributed by atoms with Crippen LogP contribution < -0.4 is 5.32 Å². The zero-order valence-electron chi connectivity index (χ0n) is 11.3. The predicted molar refractivity (Wildman–Crippen MR) is 77.4 cm³/mol. The van der Waals surface area contributed by atoms with Gasteiger partial charge in [0.2, 0.25) is 0 Å². The molecule has 0 bridgehead atoms.